The lowest BCUT2D eigenvalue weighted by atomic mass is 10.0. The number of hydrogen-bond acceptors (Lipinski definition) is 3. The highest BCUT2D eigenvalue weighted by molar-refractivity contribution is 8.00. The van der Waals surface area contributed by atoms with Crippen LogP contribution in [0.15, 0.2) is 36.5 Å². The predicted molar refractivity (Wildman–Crippen MR) is 85.4 cm³/mol. The fourth-order valence-corrected chi connectivity index (χ4v) is 4.04. The molecule has 1 heterocycles. The molecule has 20 heavy (non-hydrogen) atoms. The molecule has 104 valence electrons. The summed E-state index contributed by atoms with van der Waals surface area (Å²) in [7, 11) is 0. The van der Waals surface area contributed by atoms with Gasteiger partial charge in [-0.15, -0.1) is 0 Å². The monoisotopic (exact) mass is 285 g/mol. The lowest BCUT2D eigenvalue weighted by Gasteiger charge is -2.20. The van der Waals surface area contributed by atoms with Crippen molar-refractivity contribution in [2.45, 2.75) is 37.4 Å². The minimum atomic E-state index is 0.213. The average molecular weight is 285 g/mol. The Morgan fingerprint density at radius 3 is 2.80 bits per heavy atom. The number of nitrogens with zero attached hydrogens (tertiary/aromatic N) is 1. The maximum atomic E-state index is 12.4. The Kier molecular flexibility index (Phi) is 4.36. The van der Waals surface area contributed by atoms with E-state index in [-0.39, 0.29) is 5.78 Å². The third-order valence-electron chi connectivity index (χ3n) is 3.94. The van der Waals surface area contributed by atoms with E-state index in [1.807, 2.05) is 42.1 Å². The SMILES string of the molecule is O=C(CSC1CCCCC1)c1cccc2cccnc12. The van der Waals surface area contributed by atoms with Gasteiger partial charge in [0.15, 0.2) is 5.78 Å². The number of Topliss-reactive ketones (excluding diaryl/α,β-unsaturated/α-hetero) is 1. The maximum Gasteiger partial charge on any atom is 0.174 e. The summed E-state index contributed by atoms with van der Waals surface area (Å²) in [5, 5.41) is 1.72. The van der Waals surface area contributed by atoms with Gasteiger partial charge in [-0.1, -0.05) is 37.5 Å². The Labute approximate surface area is 124 Å². The van der Waals surface area contributed by atoms with Gasteiger partial charge in [0.25, 0.3) is 0 Å². The lowest BCUT2D eigenvalue weighted by Crippen LogP contribution is -2.12. The molecule has 0 N–H and O–H groups in total. The summed E-state index contributed by atoms with van der Waals surface area (Å²) in [6, 6.07) is 9.77. The van der Waals surface area contributed by atoms with Gasteiger partial charge in [-0.25, -0.2) is 0 Å². The molecule has 1 aromatic heterocycles. The summed E-state index contributed by atoms with van der Waals surface area (Å²) in [5.41, 5.74) is 1.61. The van der Waals surface area contributed by atoms with Crippen molar-refractivity contribution in [1.29, 1.82) is 0 Å². The third-order valence-corrected chi connectivity index (χ3v) is 5.31. The number of hydrogen-bond donors (Lipinski definition) is 0. The van der Waals surface area contributed by atoms with Crippen LogP contribution < -0.4 is 0 Å². The summed E-state index contributed by atoms with van der Waals surface area (Å²) in [6.07, 6.45) is 8.30. The van der Waals surface area contributed by atoms with Gasteiger partial charge in [-0.2, -0.15) is 11.8 Å². The number of thioether (sulfide) groups is 1. The molecule has 3 heteroatoms. The molecule has 2 nitrogen and oxygen atoms in total. The van der Waals surface area contributed by atoms with Gasteiger partial charge in [0, 0.05) is 22.4 Å². The first-order valence-corrected chi connectivity index (χ1v) is 8.38. The molecule has 2 aromatic rings. The number of carbonyl (C=O) groups is 1. The van der Waals surface area contributed by atoms with Crippen LogP contribution in [-0.2, 0) is 0 Å². The molecule has 0 radical (unpaired) electrons. The van der Waals surface area contributed by atoms with Gasteiger partial charge in [-0.3, -0.25) is 9.78 Å². The second kappa shape index (κ2) is 6.40. The molecule has 1 fully saturated rings. The maximum absolute atomic E-state index is 12.4. The van der Waals surface area contributed by atoms with E-state index in [2.05, 4.69) is 4.98 Å². The molecule has 0 saturated heterocycles. The first kappa shape index (κ1) is 13.6. The van der Waals surface area contributed by atoms with Crippen LogP contribution in [0, 0.1) is 0 Å². The zero-order valence-corrected chi connectivity index (χ0v) is 12.4. The fourth-order valence-electron chi connectivity index (χ4n) is 2.83. The number of aromatic nitrogens is 1. The Bertz CT molecular complexity index is 599. The van der Waals surface area contributed by atoms with Crippen LogP contribution in [0.2, 0.25) is 0 Å². The summed E-state index contributed by atoms with van der Waals surface area (Å²) in [5.74, 6) is 0.797. The molecule has 1 aromatic carbocycles. The Morgan fingerprint density at radius 2 is 1.95 bits per heavy atom. The average Bonchev–Trinajstić information content (AvgIpc) is 2.53. The largest absolute Gasteiger partial charge is 0.293 e. The number of ketones is 1. The van der Waals surface area contributed by atoms with E-state index in [4.69, 9.17) is 0 Å². The van der Waals surface area contributed by atoms with Gasteiger partial charge >= 0.3 is 0 Å². The van der Waals surface area contributed by atoms with Crippen LogP contribution in [0.25, 0.3) is 10.9 Å². The van der Waals surface area contributed by atoms with Crippen molar-refractivity contribution in [1.82, 2.24) is 4.98 Å². The zero-order chi connectivity index (χ0) is 13.8. The minimum absolute atomic E-state index is 0.213. The third kappa shape index (κ3) is 3.04. The molecular weight excluding hydrogens is 266 g/mol. The Hall–Kier alpha value is -1.35. The molecule has 0 amide bonds. The molecule has 0 unspecified atom stereocenters. The second-order valence-electron chi connectivity index (χ2n) is 5.37. The standard InChI is InChI=1S/C17H19NOS/c19-16(12-20-14-8-2-1-3-9-14)15-10-4-6-13-7-5-11-18-17(13)15/h4-7,10-11,14H,1-3,8-9,12H2. The van der Waals surface area contributed by atoms with Crippen LogP contribution in [0.4, 0.5) is 0 Å². The van der Waals surface area contributed by atoms with Gasteiger partial charge in [0.1, 0.15) is 0 Å². The molecule has 0 atom stereocenters. The van der Waals surface area contributed by atoms with Gasteiger partial charge in [0.05, 0.1) is 11.3 Å². The summed E-state index contributed by atoms with van der Waals surface area (Å²) in [6.45, 7) is 0. The number of pyridine rings is 1. The first-order chi connectivity index (χ1) is 9.84. The quantitative estimate of drug-likeness (QED) is 0.776. The molecule has 1 saturated carbocycles. The molecule has 1 aliphatic carbocycles. The number of carbonyl (C=O) groups excluding carboxylic acids is 1. The minimum Gasteiger partial charge on any atom is -0.293 e. The highest BCUT2D eigenvalue weighted by Gasteiger charge is 2.17. The van der Waals surface area contributed by atoms with E-state index in [1.54, 1.807) is 6.20 Å². The van der Waals surface area contributed by atoms with Crippen molar-refractivity contribution in [2.75, 3.05) is 5.75 Å². The number of fused-ring (bicyclic) bond motifs is 1. The van der Waals surface area contributed by atoms with Crippen molar-refractivity contribution < 1.29 is 4.79 Å². The summed E-state index contributed by atoms with van der Waals surface area (Å²) < 4.78 is 0. The topological polar surface area (TPSA) is 30.0 Å². The second-order valence-corrected chi connectivity index (χ2v) is 6.66. The van der Waals surface area contributed by atoms with E-state index < -0.39 is 0 Å². The van der Waals surface area contributed by atoms with Crippen molar-refractivity contribution in [3.63, 3.8) is 0 Å². The molecular formula is C17H19NOS. The summed E-state index contributed by atoms with van der Waals surface area (Å²) >= 11 is 1.83. The van der Waals surface area contributed by atoms with Crippen molar-refractivity contribution in [3.05, 3.63) is 42.1 Å². The predicted octanol–water partition coefficient (Wildman–Crippen LogP) is 4.48. The fraction of sp³-hybridized carbons (Fsp3) is 0.412. The zero-order valence-electron chi connectivity index (χ0n) is 11.5. The Morgan fingerprint density at radius 1 is 1.15 bits per heavy atom. The summed E-state index contributed by atoms with van der Waals surface area (Å²) in [4.78, 5) is 16.8. The van der Waals surface area contributed by atoms with Crippen LogP contribution in [0.5, 0.6) is 0 Å². The van der Waals surface area contributed by atoms with E-state index >= 15 is 0 Å². The van der Waals surface area contributed by atoms with Crippen LogP contribution in [-0.4, -0.2) is 21.8 Å². The van der Waals surface area contributed by atoms with Gasteiger partial charge in [-0.05, 0) is 25.0 Å². The Balaban J connectivity index is 1.72. The van der Waals surface area contributed by atoms with E-state index in [0.29, 0.717) is 11.0 Å². The number of para-hydroxylation sites is 1. The number of rotatable bonds is 4. The molecule has 0 aliphatic heterocycles. The number of benzene rings is 1. The molecule has 3 rings (SSSR count). The van der Waals surface area contributed by atoms with Crippen molar-refractivity contribution in [2.24, 2.45) is 0 Å². The van der Waals surface area contributed by atoms with Crippen LogP contribution in [0.3, 0.4) is 0 Å². The molecule has 0 spiro atoms. The normalized spacial score (nSPS) is 16.4. The molecule has 1 aliphatic rings. The first-order valence-electron chi connectivity index (χ1n) is 7.33. The van der Waals surface area contributed by atoms with Crippen molar-refractivity contribution >= 4 is 28.4 Å². The lowest BCUT2D eigenvalue weighted by molar-refractivity contribution is 0.102. The van der Waals surface area contributed by atoms with Crippen molar-refractivity contribution in [3.8, 4) is 0 Å². The molecule has 0 bridgehead atoms. The van der Waals surface area contributed by atoms with Crippen LogP contribution in [0.1, 0.15) is 42.5 Å². The highest BCUT2D eigenvalue weighted by Crippen LogP contribution is 2.29. The smallest absolute Gasteiger partial charge is 0.174 e. The van der Waals surface area contributed by atoms with Gasteiger partial charge < -0.3 is 0 Å². The van der Waals surface area contributed by atoms with E-state index in [0.717, 1.165) is 16.5 Å². The van der Waals surface area contributed by atoms with Gasteiger partial charge in [0.2, 0.25) is 0 Å². The van der Waals surface area contributed by atoms with Crippen LogP contribution >= 0.6 is 11.8 Å². The highest BCUT2D eigenvalue weighted by atomic mass is 32.2. The van der Waals surface area contributed by atoms with E-state index in [9.17, 15) is 4.79 Å². The van der Waals surface area contributed by atoms with E-state index in [1.165, 1.54) is 32.1 Å².